The molecule has 1 aliphatic heterocycles. The van der Waals surface area contributed by atoms with Crippen LogP contribution in [-0.4, -0.2) is 23.5 Å². The molecule has 1 aliphatic rings. The van der Waals surface area contributed by atoms with Crippen molar-refractivity contribution in [3.63, 3.8) is 0 Å². The van der Waals surface area contributed by atoms with Gasteiger partial charge in [-0.05, 0) is 50.4 Å². The molecule has 4 nitrogen and oxygen atoms in total. The molecule has 142 valence electrons. The summed E-state index contributed by atoms with van der Waals surface area (Å²) in [5.74, 6) is 0.0946. The molecule has 6 heteroatoms. The summed E-state index contributed by atoms with van der Waals surface area (Å²) in [7, 11) is 0. The van der Waals surface area contributed by atoms with Crippen LogP contribution in [0.3, 0.4) is 0 Å². The Bertz CT molecular complexity index is 659. The van der Waals surface area contributed by atoms with Gasteiger partial charge in [0.1, 0.15) is 0 Å². The first-order chi connectivity index (χ1) is 11.7. The van der Waals surface area contributed by atoms with Gasteiger partial charge in [-0.2, -0.15) is 0 Å². The van der Waals surface area contributed by atoms with Crippen molar-refractivity contribution in [2.24, 2.45) is 0 Å². The van der Waals surface area contributed by atoms with Crippen LogP contribution in [0.25, 0.3) is 0 Å². The van der Waals surface area contributed by atoms with Gasteiger partial charge in [0.05, 0.1) is 11.7 Å². The zero-order chi connectivity index (χ0) is 16.8. The number of aryl methyl sites for hydroxylation is 1. The first-order valence-electron chi connectivity index (χ1n) is 8.70. The van der Waals surface area contributed by atoms with E-state index in [1.54, 1.807) is 6.20 Å². The number of carbonyl (C=O) groups excluding carboxylic acids is 1. The Morgan fingerprint density at radius 3 is 2.62 bits per heavy atom. The molecule has 2 atom stereocenters. The molecule has 2 unspecified atom stereocenters. The summed E-state index contributed by atoms with van der Waals surface area (Å²) in [5.41, 5.74) is 3.35. The first-order valence-corrected chi connectivity index (χ1v) is 8.70. The van der Waals surface area contributed by atoms with Crippen LogP contribution >= 0.6 is 24.8 Å². The van der Waals surface area contributed by atoms with E-state index in [2.05, 4.69) is 46.8 Å². The Labute approximate surface area is 168 Å². The van der Waals surface area contributed by atoms with Crippen molar-refractivity contribution in [2.75, 3.05) is 6.54 Å². The van der Waals surface area contributed by atoms with Gasteiger partial charge in [-0.1, -0.05) is 35.9 Å². The Morgan fingerprint density at radius 1 is 1.23 bits per heavy atom. The Balaban J connectivity index is 0.00000169. The van der Waals surface area contributed by atoms with Crippen molar-refractivity contribution in [3.05, 3.63) is 65.5 Å². The van der Waals surface area contributed by atoms with Crippen molar-refractivity contribution in [1.82, 2.24) is 15.6 Å². The number of hydrogen-bond donors (Lipinski definition) is 2. The van der Waals surface area contributed by atoms with Crippen LogP contribution in [0.1, 0.15) is 42.1 Å². The monoisotopic (exact) mass is 395 g/mol. The molecule has 2 N–H and O–H groups in total. The number of nitrogens with zero attached hydrogens (tertiary/aromatic N) is 1. The summed E-state index contributed by atoms with van der Waals surface area (Å²) in [6.07, 6.45) is 5.31. The van der Waals surface area contributed by atoms with Gasteiger partial charge >= 0.3 is 0 Å². The lowest BCUT2D eigenvalue weighted by molar-refractivity contribution is -0.122. The van der Waals surface area contributed by atoms with Gasteiger partial charge in [0.15, 0.2) is 0 Å². The SMILES string of the molecule is Cc1ccc(CC(NC(=O)CC2CCCN2)c2ccccn2)cc1.Cl.Cl. The normalized spacial score (nSPS) is 16.9. The molecule has 1 saturated heterocycles. The summed E-state index contributed by atoms with van der Waals surface area (Å²) in [4.78, 5) is 16.9. The highest BCUT2D eigenvalue weighted by Crippen LogP contribution is 2.18. The van der Waals surface area contributed by atoms with E-state index in [0.717, 1.165) is 31.5 Å². The minimum atomic E-state index is -0.0946. The van der Waals surface area contributed by atoms with Crippen LogP contribution in [-0.2, 0) is 11.2 Å². The van der Waals surface area contributed by atoms with E-state index in [-0.39, 0.29) is 36.8 Å². The molecule has 26 heavy (non-hydrogen) atoms. The van der Waals surface area contributed by atoms with Crippen LogP contribution in [0.5, 0.6) is 0 Å². The molecule has 2 aromatic rings. The third kappa shape index (κ3) is 6.60. The average molecular weight is 396 g/mol. The predicted molar refractivity (Wildman–Crippen MR) is 110 cm³/mol. The van der Waals surface area contributed by atoms with Crippen molar-refractivity contribution in [2.45, 2.75) is 44.7 Å². The number of carbonyl (C=O) groups is 1. The molecule has 1 fully saturated rings. The highest BCUT2D eigenvalue weighted by Gasteiger charge is 2.21. The molecular formula is C20H27Cl2N3O. The minimum absolute atomic E-state index is 0. The van der Waals surface area contributed by atoms with Gasteiger partial charge in [-0.3, -0.25) is 9.78 Å². The molecular weight excluding hydrogens is 369 g/mol. The fourth-order valence-corrected chi connectivity index (χ4v) is 3.18. The first kappa shape index (κ1) is 22.4. The van der Waals surface area contributed by atoms with Gasteiger partial charge in [0.25, 0.3) is 0 Å². The largest absolute Gasteiger partial charge is 0.347 e. The van der Waals surface area contributed by atoms with Crippen LogP contribution in [0, 0.1) is 6.92 Å². The molecule has 2 heterocycles. The molecule has 1 aromatic heterocycles. The second-order valence-electron chi connectivity index (χ2n) is 6.56. The molecule has 0 saturated carbocycles. The maximum atomic E-state index is 12.4. The lowest BCUT2D eigenvalue weighted by Gasteiger charge is -2.20. The van der Waals surface area contributed by atoms with Crippen molar-refractivity contribution >= 4 is 30.7 Å². The quantitative estimate of drug-likeness (QED) is 0.782. The van der Waals surface area contributed by atoms with Crippen molar-refractivity contribution < 1.29 is 4.79 Å². The smallest absolute Gasteiger partial charge is 0.222 e. The lowest BCUT2D eigenvalue weighted by atomic mass is 10.0. The van der Waals surface area contributed by atoms with Crippen LogP contribution in [0.2, 0.25) is 0 Å². The van der Waals surface area contributed by atoms with E-state index in [1.165, 1.54) is 11.1 Å². The number of benzene rings is 1. The summed E-state index contributed by atoms with van der Waals surface area (Å²) in [6.45, 7) is 3.10. The molecule has 3 rings (SSSR count). The van der Waals surface area contributed by atoms with E-state index in [0.29, 0.717) is 12.5 Å². The second kappa shape index (κ2) is 11.2. The number of amides is 1. The van der Waals surface area contributed by atoms with Crippen LogP contribution in [0.4, 0.5) is 0 Å². The average Bonchev–Trinajstić information content (AvgIpc) is 3.10. The molecule has 0 aliphatic carbocycles. The fourth-order valence-electron chi connectivity index (χ4n) is 3.18. The molecule has 1 aromatic carbocycles. The van der Waals surface area contributed by atoms with Gasteiger partial charge in [0.2, 0.25) is 5.91 Å². The Kier molecular flexibility index (Phi) is 9.63. The van der Waals surface area contributed by atoms with Crippen LogP contribution < -0.4 is 10.6 Å². The fraction of sp³-hybridized carbons (Fsp3) is 0.400. The number of rotatable bonds is 6. The zero-order valence-electron chi connectivity index (χ0n) is 15.0. The number of hydrogen-bond acceptors (Lipinski definition) is 3. The highest BCUT2D eigenvalue weighted by molar-refractivity contribution is 5.85. The van der Waals surface area contributed by atoms with E-state index in [4.69, 9.17) is 0 Å². The van der Waals surface area contributed by atoms with Crippen LogP contribution in [0.15, 0.2) is 48.7 Å². The second-order valence-corrected chi connectivity index (χ2v) is 6.56. The Hall–Kier alpha value is -1.62. The minimum Gasteiger partial charge on any atom is -0.347 e. The van der Waals surface area contributed by atoms with E-state index in [9.17, 15) is 4.79 Å². The summed E-state index contributed by atoms with van der Waals surface area (Å²) in [6, 6.07) is 14.5. The molecule has 0 bridgehead atoms. The zero-order valence-corrected chi connectivity index (χ0v) is 16.6. The number of nitrogens with one attached hydrogen (secondary N) is 2. The summed E-state index contributed by atoms with van der Waals surface area (Å²) >= 11 is 0. The summed E-state index contributed by atoms with van der Waals surface area (Å²) < 4.78 is 0. The maximum absolute atomic E-state index is 12.4. The topological polar surface area (TPSA) is 54.0 Å². The van der Waals surface area contributed by atoms with Crippen molar-refractivity contribution in [1.29, 1.82) is 0 Å². The van der Waals surface area contributed by atoms with Gasteiger partial charge in [-0.15, -0.1) is 24.8 Å². The summed E-state index contributed by atoms with van der Waals surface area (Å²) in [5, 5.41) is 6.56. The van der Waals surface area contributed by atoms with Gasteiger partial charge in [-0.25, -0.2) is 0 Å². The third-order valence-corrected chi connectivity index (χ3v) is 4.53. The Morgan fingerprint density at radius 2 is 2.00 bits per heavy atom. The molecule has 0 spiro atoms. The van der Waals surface area contributed by atoms with E-state index < -0.39 is 0 Å². The molecule has 0 radical (unpaired) electrons. The standard InChI is InChI=1S/C20H25N3O.2ClH/c1-15-7-9-16(10-8-15)13-19(18-6-2-3-11-22-18)23-20(24)14-17-5-4-12-21-17;;/h2-3,6-11,17,19,21H,4-5,12-14H2,1H3,(H,23,24);2*1H. The lowest BCUT2D eigenvalue weighted by Crippen LogP contribution is -2.35. The van der Waals surface area contributed by atoms with E-state index >= 15 is 0 Å². The van der Waals surface area contributed by atoms with Gasteiger partial charge in [0, 0.05) is 18.7 Å². The number of halogens is 2. The molecule has 1 amide bonds. The van der Waals surface area contributed by atoms with Gasteiger partial charge < -0.3 is 10.6 Å². The predicted octanol–water partition coefficient (Wildman–Crippen LogP) is 3.78. The maximum Gasteiger partial charge on any atom is 0.222 e. The number of aromatic nitrogens is 1. The van der Waals surface area contributed by atoms with Crippen molar-refractivity contribution in [3.8, 4) is 0 Å². The third-order valence-electron chi connectivity index (χ3n) is 4.53. The number of pyridine rings is 1. The highest BCUT2D eigenvalue weighted by atomic mass is 35.5. The van der Waals surface area contributed by atoms with E-state index in [1.807, 2.05) is 18.2 Å².